The van der Waals surface area contributed by atoms with Gasteiger partial charge in [0.1, 0.15) is 0 Å². The summed E-state index contributed by atoms with van der Waals surface area (Å²) in [7, 11) is 1.74. The molecule has 4 aromatic rings. The van der Waals surface area contributed by atoms with Gasteiger partial charge in [0.25, 0.3) is 0 Å². The second kappa shape index (κ2) is 7.86. The molecule has 3 heterocycles. The van der Waals surface area contributed by atoms with Crippen molar-refractivity contribution in [1.29, 1.82) is 0 Å². The van der Waals surface area contributed by atoms with Crippen LogP contribution < -0.4 is 15.9 Å². The van der Waals surface area contributed by atoms with Crippen LogP contribution in [0.1, 0.15) is 19.3 Å². The van der Waals surface area contributed by atoms with E-state index in [9.17, 15) is 9.59 Å². The second-order valence-electron chi connectivity index (χ2n) is 7.86. The van der Waals surface area contributed by atoms with Gasteiger partial charge in [-0.25, -0.2) is 14.8 Å². The molecule has 0 aliphatic carbocycles. The third kappa shape index (κ3) is 3.54. The minimum Gasteiger partial charge on any atom is -0.354 e. The van der Waals surface area contributed by atoms with Crippen molar-refractivity contribution in [3.05, 3.63) is 59.0 Å². The molecule has 1 amide bonds. The van der Waals surface area contributed by atoms with E-state index in [1.807, 2.05) is 48.5 Å². The maximum absolute atomic E-state index is 12.8. The van der Waals surface area contributed by atoms with Crippen LogP contribution >= 0.6 is 0 Å². The van der Waals surface area contributed by atoms with Crippen molar-refractivity contribution < 1.29 is 4.79 Å². The van der Waals surface area contributed by atoms with Gasteiger partial charge >= 0.3 is 5.69 Å². The Hall–Kier alpha value is -3.68. The summed E-state index contributed by atoms with van der Waals surface area (Å²) in [6, 6.07) is 15.3. The average molecular weight is 416 g/mol. The highest BCUT2D eigenvalue weighted by molar-refractivity contribution is 5.94. The fourth-order valence-corrected chi connectivity index (χ4v) is 4.21. The van der Waals surface area contributed by atoms with Gasteiger partial charge in [0.15, 0.2) is 11.6 Å². The number of hydrogen-bond acceptors (Lipinski definition) is 5. The first-order valence-electron chi connectivity index (χ1n) is 10.6. The predicted octanol–water partition coefficient (Wildman–Crippen LogP) is 2.91. The van der Waals surface area contributed by atoms with E-state index >= 15 is 0 Å². The highest BCUT2D eigenvalue weighted by Crippen LogP contribution is 2.28. The number of rotatable bonds is 5. The molecule has 158 valence electrons. The van der Waals surface area contributed by atoms with Gasteiger partial charge in [-0.05, 0) is 37.1 Å². The zero-order valence-electron chi connectivity index (χ0n) is 17.4. The average Bonchev–Trinajstić information content (AvgIpc) is 3.40. The number of nitrogens with zero attached hydrogens (tertiary/aromatic N) is 5. The van der Waals surface area contributed by atoms with Crippen LogP contribution in [0.3, 0.4) is 0 Å². The Morgan fingerprint density at radius 3 is 2.35 bits per heavy atom. The van der Waals surface area contributed by atoms with Gasteiger partial charge in [0, 0.05) is 33.1 Å². The molecule has 2 aromatic heterocycles. The monoisotopic (exact) mass is 416 g/mol. The Kier molecular flexibility index (Phi) is 4.89. The summed E-state index contributed by atoms with van der Waals surface area (Å²) in [5, 5.41) is 2.95. The molecule has 0 unspecified atom stereocenters. The number of aromatic nitrogens is 4. The van der Waals surface area contributed by atoms with Crippen LogP contribution in [0, 0.1) is 0 Å². The quantitative estimate of drug-likeness (QED) is 0.541. The van der Waals surface area contributed by atoms with E-state index in [1.165, 1.54) is 0 Å². The van der Waals surface area contributed by atoms with Crippen molar-refractivity contribution in [1.82, 2.24) is 19.1 Å². The highest BCUT2D eigenvalue weighted by Gasteiger charge is 2.21. The highest BCUT2D eigenvalue weighted by atomic mass is 16.2. The molecule has 1 aliphatic rings. The fraction of sp³-hybridized carbons (Fsp3) is 0.304. The van der Waals surface area contributed by atoms with E-state index in [-0.39, 0.29) is 18.0 Å². The van der Waals surface area contributed by atoms with Gasteiger partial charge in [-0.3, -0.25) is 13.9 Å². The van der Waals surface area contributed by atoms with Crippen LogP contribution in [-0.2, 0) is 18.4 Å². The SMILES string of the molecule is Cn1c(=O)n(CCC(=O)Nc2nc3ccccc3nc2N2CCCC2)c2ccccc21. The number of nitrogens with one attached hydrogen (secondary N) is 1. The maximum Gasteiger partial charge on any atom is 0.328 e. The minimum atomic E-state index is -0.190. The normalized spacial score (nSPS) is 13.9. The lowest BCUT2D eigenvalue weighted by atomic mass is 10.3. The molecule has 0 radical (unpaired) electrons. The summed E-state index contributed by atoms with van der Waals surface area (Å²) < 4.78 is 3.25. The summed E-state index contributed by atoms with van der Waals surface area (Å²) in [6.07, 6.45) is 2.37. The summed E-state index contributed by atoms with van der Waals surface area (Å²) >= 11 is 0. The molecule has 1 N–H and O–H groups in total. The molecular weight excluding hydrogens is 392 g/mol. The fourth-order valence-electron chi connectivity index (χ4n) is 4.21. The van der Waals surface area contributed by atoms with E-state index in [1.54, 1.807) is 16.2 Å². The van der Waals surface area contributed by atoms with E-state index < -0.39 is 0 Å². The first-order chi connectivity index (χ1) is 15.1. The van der Waals surface area contributed by atoms with Crippen molar-refractivity contribution in [3.8, 4) is 0 Å². The van der Waals surface area contributed by atoms with Crippen LogP contribution in [0.4, 0.5) is 11.6 Å². The van der Waals surface area contributed by atoms with E-state index in [0.717, 1.165) is 48.0 Å². The van der Waals surface area contributed by atoms with Gasteiger partial charge in [-0.2, -0.15) is 0 Å². The van der Waals surface area contributed by atoms with Gasteiger partial charge < -0.3 is 10.2 Å². The molecule has 1 aliphatic heterocycles. The number of amides is 1. The number of carbonyl (C=O) groups excluding carboxylic acids is 1. The number of hydrogen-bond donors (Lipinski definition) is 1. The topological polar surface area (TPSA) is 85.0 Å². The van der Waals surface area contributed by atoms with Gasteiger partial charge in [0.05, 0.1) is 22.1 Å². The number of carbonyl (C=O) groups is 1. The molecule has 0 saturated carbocycles. The number of para-hydroxylation sites is 4. The summed E-state index contributed by atoms with van der Waals surface area (Å²) in [5.41, 5.74) is 3.10. The smallest absolute Gasteiger partial charge is 0.328 e. The zero-order chi connectivity index (χ0) is 21.4. The summed E-state index contributed by atoms with van der Waals surface area (Å²) in [5.74, 6) is 1.01. The van der Waals surface area contributed by atoms with E-state index in [2.05, 4.69) is 15.2 Å². The summed E-state index contributed by atoms with van der Waals surface area (Å²) in [4.78, 5) is 37.0. The molecule has 8 heteroatoms. The van der Waals surface area contributed by atoms with Crippen molar-refractivity contribution in [2.45, 2.75) is 25.8 Å². The van der Waals surface area contributed by atoms with Crippen LogP contribution in [0.25, 0.3) is 22.1 Å². The number of aryl methyl sites for hydroxylation is 2. The lowest BCUT2D eigenvalue weighted by Crippen LogP contribution is -2.26. The Balaban J connectivity index is 1.40. The molecule has 0 atom stereocenters. The van der Waals surface area contributed by atoms with Gasteiger partial charge in [-0.15, -0.1) is 0 Å². The van der Waals surface area contributed by atoms with Crippen LogP contribution in [0.5, 0.6) is 0 Å². The molecule has 1 fully saturated rings. The molecule has 5 rings (SSSR count). The molecule has 31 heavy (non-hydrogen) atoms. The maximum atomic E-state index is 12.8. The molecule has 0 spiro atoms. The van der Waals surface area contributed by atoms with Crippen LogP contribution in [0.2, 0.25) is 0 Å². The number of fused-ring (bicyclic) bond motifs is 2. The second-order valence-corrected chi connectivity index (χ2v) is 7.86. The summed E-state index contributed by atoms with van der Waals surface area (Å²) in [6.45, 7) is 2.11. The molecule has 2 aromatic carbocycles. The number of benzene rings is 2. The first kappa shape index (κ1) is 19.3. The molecule has 8 nitrogen and oxygen atoms in total. The third-order valence-corrected chi connectivity index (χ3v) is 5.83. The first-order valence-corrected chi connectivity index (χ1v) is 10.6. The Bertz CT molecular complexity index is 1330. The minimum absolute atomic E-state index is 0.128. The Labute approximate surface area is 179 Å². The molecule has 0 bridgehead atoms. The van der Waals surface area contributed by atoms with E-state index in [4.69, 9.17) is 4.98 Å². The number of imidazole rings is 1. The lowest BCUT2D eigenvalue weighted by Gasteiger charge is -2.20. The standard InChI is InChI=1S/C23H24N6O2/c1-27-18-10-4-5-11-19(18)29(23(27)31)15-12-20(30)26-21-22(28-13-6-7-14-28)25-17-9-3-2-8-16(17)24-21/h2-5,8-11H,6-7,12-15H2,1H3,(H,24,26,30). The number of anilines is 2. The molecule has 1 saturated heterocycles. The Morgan fingerprint density at radius 2 is 1.61 bits per heavy atom. The van der Waals surface area contributed by atoms with Gasteiger partial charge in [0.2, 0.25) is 5.91 Å². The zero-order valence-corrected chi connectivity index (χ0v) is 17.4. The molecular formula is C23H24N6O2. The largest absolute Gasteiger partial charge is 0.354 e. The van der Waals surface area contributed by atoms with Crippen molar-refractivity contribution in [2.24, 2.45) is 7.05 Å². The lowest BCUT2D eigenvalue weighted by molar-refractivity contribution is -0.116. The Morgan fingerprint density at radius 1 is 0.968 bits per heavy atom. The van der Waals surface area contributed by atoms with Crippen molar-refractivity contribution in [2.75, 3.05) is 23.3 Å². The predicted molar refractivity (Wildman–Crippen MR) is 121 cm³/mol. The van der Waals surface area contributed by atoms with Crippen LogP contribution in [-0.4, -0.2) is 38.1 Å². The van der Waals surface area contributed by atoms with Crippen molar-refractivity contribution >= 4 is 39.6 Å². The van der Waals surface area contributed by atoms with Crippen molar-refractivity contribution in [3.63, 3.8) is 0 Å². The van der Waals surface area contributed by atoms with Gasteiger partial charge in [-0.1, -0.05) is 24.3 Å². The van der Waals surface area contributed by atoms with Crippen LogP contribution in [0.15, 0.2) is 53.3 Å². The van der Waals surface area contributed by atoms with E-state index in [0.29, 0.717) is 18.2 Å². The third-order valence-electron chi connectivity index (χ3n) is 5.83.